The van der Waals surface area contributed by atoms with E-state index in [4.69, 9.17) is 4.74 Å². The monoisotopic (exact) mass is 314 g/mol. The molecule has 23 heavy (non-hydrogen) atoms. The molecule has 0 radical (unpaired) electrons. The van der Waals surface area contributed by atoms with Crippen LogP contribution in [0.15, 0.2) is 42.5 Å². The van der Waals surface area contributed by atoms with Gasteiger partial charge >= 0.3 is 0 Å². The summed E-state index contributed by atoms with van der Waals surface area (Å²) >= 11 is 0. The Bertz CT molecular complexity index is 629. The van der Waals surface area contributed by atoms with Crippen LogP contribution >= 0.6 is 0 Å². The first kappa shape index (κ1) is 17.0. The summed E-state index contributed by atoms with van der Waals surface area (Å²) < 4.78 is 5.28. The Balaban J connectivity index is 2.14. The number of carbonyl (C=O) groups excluding carboxylic acids is 2. The van der Waals surface area contributed by atoms with Crippen molar-refractivity contribution in [3.05, 3.63) is 53.6 Å². The minimum absolute atomic E-state index is 0.0219. The Morgan fingerprint density at radius 1 is 1.22 bits per heavy atom. The summed E-state index contributed by atoms with van der Waals surface area (Å²) in [5, 5.41) is 2.81. The summed E-state index contributed by atoms with van der Waals surface area (Å²) in [6.45, 7) is 6.06. The zero-order valence-corrected chi connectivity index (χ0v) is 13.5. The molecule has 0 aromatic heterocycles. The molecule has 0 saturated carbocycles. The molecule has 1 aromatic carbocycles. The first-order valence-electron chi connectivity index (χ1n) is 7.70. The zero-order valence-electron chi connectivity index (χ0n) is 13.5. The first-order valence-corrected chi connectivity index (χ1v) is 7.70. The zero-order chi connectivity index (χ0) is 16.7. The van der Waals surface area contributed by atoms with Gasteiger partial charge in [0.05, 0.1) is 13.2 Å². The van der Waals surface area contributed by atoms with Crippen molar-refractivity contribution in [2.24, 2.45) is 0 Å². The predicted octanol–water partition coefficient (Wildman–Crippen LogP) is 2.54. The number of nitrogens with zero attached hydrogens (tertiary/aromatic N) is 1. The van der Waals surface area contributed by atoms with Gasteiger partial charge in [-0.25, -0.2) is 0 Å². The van der Waals surface area contributed by atoms with Crippen LogP contribution in [0.4, 0.5) is 5.69 Å². The van der Waals surface area contributed by atoms with Crippen LogP contribution in [0.1, 0.15) is 22.8 Å². The third-order valence-corrected chi connectivity index (χ3v) is 3.67. The first-order chi connectivity index (χ1) is 11.1. The highest BCUT2D eigenvalue weighted by Crippen LogP contribution is 2.21. The normalized spacial score (nSPS) is 15.3. The molecule has 0 atom stereocenters. The molecule has 5 heteroatoms. The van der Waals surface area contributed by atoms with E-state index >= 15 is 0 Å². The van der Waals surface area contributed by atoms with Crippen LogP contribution in [0.25, 0.3) is 0 Å². The molecule has 0 unspecified atom stereocenters. The fourth-order valence-corrected chi connectivity index (χ4v) is 2.37. The maximum Gasteiger partial charge on any atom is 0.254 e. The lowest BCUT2D eigenvalue weighted by Crippen LogP contribution is -2.41. The van der Waals surface area contributed by atoms with E-state index in [0.717, 1.165) is 5.56 Å². The van der Waals surface area contributed by atoms with Crippen molar-refractivity contribution >= 4 is 17.5 Å². The third kappa shape index (κ3) is 4.53. The highest BCUT2D eigenvalue weighted by atomic mass is 16.5. The fraction of sp³-hybridized carbons (Fsp3) is 0.333. The number of hydrogen-bond acceptors (Lipinski definition) is 3. The maximum atomic E-state index is 12.6. The molecule has 1 saturated heterocycles. The van der Waals surface area contributed by atoms with E-state index in [-0.39, 0.29) is 11.8 Å². The predicted molar refractivity (Wildman–Crippen MR) is 90.5 cm³/mol. The summed E-state index contributed by atoms with van der Waals surface area (Å²) in [6, 6.07) is 5.37. The molecule has 5 nitrogen and oxygen atoms in total. The standard InChI is InChI=1S/C18H22N2O3/c1-3-4-5-9-17(21)19-16-8-6-7-15(14(16)2)18(22)20-10-12-23-13-11-20/h3-9H,10-13H2,1-2H3,(H,19,21). The van der Waals surface area contributed by atoms with Crippen molar-refractivity contribution in [1.82, 2.24) is 4.90 Å². The number of morpholine rings is 1. The Labute approximate surface area is 136 Å². The molecule has 0 spiro atoms. The summed E-state index contributed by atoms with van der Waals surface area (Å²) in [5.41, 5.74) is 2.04. The van der Waals surface area contributed by atoms with E-state index in [1.54, 1.807) is 35.3 Å². The number of amides is 2. The Morgan fingerprint density at radius 3 is 2.65 bits per heavy atom. The van der Waals surface area contributed by atoms with Gasteiger partial charge in [0, 0.05) is 30.4 Å². The van der Waals surface area contributed by atoms with Crippen molar-refractivity contribution in [2.75, 3.05) is 31.6 Å². The molecule has 1 aliphatic heterocycles. The lowest BCUT2D eigenvalue weighted by atomic mass is 10.0. The van der Waals surface area contributed by atoms with E-state index in [1.807, 2.05) is 19.9 Å². The van der Waals surface area contributed by atoms with Gasteiger partial charge in [-0.2, -0.15) is 0 Å². The Hall–Kier alpha value is -2.40. The molecule has 0 bridgehead atoms. The van der Waals surface area contributed by atoms with Gasteiger partial charge in [-0.1, -0.05) is 24.3 Å². The number of benzene rings is 1. The van der Waals surface area contributed by atoms with Crippen molar-refractivity contribution in [2.45, 2.75) is 13.8 Å². The number of nitrogens with one attached hydrogen (secondary N) is 1. The van der Waals surface area contributed by atoms with Gasteiger partial charge in [0.2, 0.25) is 5.91 Å². The van der Waals surface area contributed by atoms with E-state index in [0.29, 0.717) is 37.6 Å². The van der Waals surface area contributed by atoms with Crippen LogP contribution in [0.2, 0.25) is 0 Å². The Morgan fingerprint density at radius 2 is 1.96 bits per heavy atom. The summed E-state index contributed by atoms with van der Waals surface area (Å²) in [6.07, 6.45) is 6.75. The minimum Gasteiger partial charge on any atom is -0.378 e. The van der Waals surface area contributed by atoms with E-state index in [2.05, 4.69) is 5.32 Å². The largest absolute Gasteiger partial charge is 0.378 e. The van der Waals surface area contributed by atoms with Crippen molar-refractivity contribution in [3.63, 3.8) is 0 Å². The number of rotatable bonds is 4. The number of allylic oxidation sites excluding steroid dienone is 3. The van der Waals surface area contributed by atoms with Crippen molar-refractivity contribution in [1.29, 1.82) is 0 Å². The van der Waals surface area contributed by atoms with Crippen LogP contribution in [0.3, 0.4) is 0 Å². The average Bonchev–Trinajstić information content (AvgIpc) is 2.57. The van der Waals surface area contributed by atoms with Gasteiger partial charge in [-0.05, 0) is 31.5 Å². The van der Waals surface area contributed by atoms with Gasteiger partial charge < -0.3 is 15.0 Å². The molecule has 2 rings (SSSR count). The van der Waals surface area contributed by atoms with Gasteiger partial charge in [-0.15, -0.1) is 0 Å². The second kappa shape index (κ2) is 8.29. The average molecular weight is 314 g/mol. The molecule has 2 amide bonds. The summed E-state index contributed by atoms with van der Waals surface area (Å²) in [5.74, 6) is -0.242. The summed E-state index contributed by atoms with van der Waals surface area (Å²) in [7, 11) is 0. The van der Waals surface area contributed by atoms with Gasteiger partial charge in [0.1, 0.15) is 0 Å². The van der Waals surface area contributed by atoms with Crippen molar-refractivity contribution < 1.29 is 14.3 Å². The highest BCUT2D eigenvalue weighted by molar-refractivity contribution is 6.02. The van der Waals surface area contributed by atoms with Crippen LogP contribution in [-0.2, 0) is 9.53 Å². The van der Waals surface area contributed by atoms with Crippen LogP contribution in [0, 0.1) is 6.92 Å². The number of anilines is 1. The molecule has 122 valence electrons. The van der Waals surface area contributed by atoms with E-state index < -0.39 is 0 Å². The number of ether oxygens (including phenoxy) is 1. The lowest BCUT2D eigenvalue weighted by molar-refractivity contribution is -0.111. The molecule has 1 fully saturated rings. The van der Waals surface area contributed by atoms with E-state index in [1.165, 1.54) is 6.08 Å². The molecule has 1 heterocycles. The van der Waals surface area contributed by atoms with Gasteiger partial charge in [0.15, 0.2) is 0 Å². The van der Waals surface area contributed by atoms with E-state index in [9.17, 15) is 9.59 Å². The van der Waals surface area contributed by atoms with Crippen molar-refractivity contribution in [3.8, 4) is 0 Å². The smallest absolute Gasteiger partial charge is 0.254 e. The number of hydrogen-bond donors (Lipinski definition) is 1. The fourth-order valence-electron chi connectivity index (χ4n) is 2.37. The quantitative estimate of drug-likeness (QED) is 0.686. The third-order valence-electron chi connectivity index (χ3n) is 3.67. The Kier molecular flexibility index (Phi) is 6.11. The summed E-state index contributed by atoms with van der Waals surface area (Å²) in [4.78, 5) is 26.3. The topological polar surface area (TPSA) is 58.6 Å². The second-order valence-electron chi connectivity index (χ2n) is 5.26. The van der Waals surface area contributed by atoms with Crippen LogP contribution in [0.5, 0.6) is 0 Å². The molecule has 0 aliphatic carbocycles. The van der Waals surface area contributed by atoms with Crippen LogP contribution < -0.4 is 5.32 Å². The molecule has 1 N–H and O–H groups in total. The highest BCUT2D eigenvalue weighted by Gasteiger charge is 2.21. The van der Waals surface area contributed by atoms with Gasteiger partial charge in [0.25, 0.3) is 5.91 Å². The number of carbonyl (C=O) groups is 2. The molecule has 1 aliphatic rings. The molecule has 1 aromatic rings. The lowest BCUT2D eigenvalue weighted by Gasteiger charge is -2.27. The van der Waals surface area contributed by atoms with Crippen LogP contribution in [-0.4, -0.2) is 43.0 Å². The molecular formula is C18H22N2O3. The SMILES string of the molecule is CC=CC=CC(=O)Nc1cccc(C(=O)N2CCOCC2)c1C. The maximum absolute atomic E-state index is 12.6. The van der Waals surface area contributed by atoms with Gasteiger partial charge in [-0.3, -0.25) is 9.59 Å². The molecular weight excluding hydrogens is 292 g/mol. The second-order valence-corrected chi connectivity index (χ2v) is 5.26. The minimum atomic E-state index is -0.220.